The molecule has 4 rings (SSSR count). The highest BCUT2D eigenvalue weighted by Crippen LogP contribution is 2.38. The van der Waals surface area contributed by atoms with Crippen molar-refractivity contribution in [3.8, 4) is 0 Å². The van der Waals surface area contributed by atoms with Gasteiger partial charge in [-0.3, -0.25) is 9.52 Å². The van der Waals surface area contributed by atoms with Crippen molar-refractivity contribution in [1.82, 2.24) is 0 Å². The zero-order valence-electron chi connectivity index (χ0n) is 15.0. The average molecular weight is 388 g/mol. The van der Waals surface area contributed by atoms with Crippen molar-refractivity contribution in [3.63, 3.8) is 0 Å². The Morgan fingerprint density at radius 3 is 2.63 bits per heavy atom. The highest BCUT2D eigenvalue weighted by molar-refractivity contribution is 7.92. The normalized spacial score (nSPS) is 19.5. The van der Waals surface area contributed by atoms with Gasteiger partial charge in [-0.05, 0) is 68.1 Å². The van der Waals surface area contributed by atoms with Gasteiger partial charge in [0.2, 0.25) is 5.91 Å². The average Bonchev–Trinajstić information content (AvgIpc) is 2.87. The summed E-state index contributed by atoms with van der Waals surface area (Å²) in [6.45, 7) is 1.98. The van der Waals surface area contributed by atoms with Crippen LogP contribution in [0.1, 0.15) is 31.7 Å². The standard InChI is InChI=1S/C20H21FN2O3S/c1-13-10-15-11-18(27(25,26)22-17-7-3-6-16(21)12-17)8-9-19(15)23(13)20(24)14-4-2-5-14/h3,6-9,11-14,22H,2,4-5,10H2,1H3. The van der Waals surface area contributed by atoms with Crippen LogP contribution in [0, 0.1) is 11.7 Å². The summed E-state index contributed by atoms with van der Waals surface area (Å²) in [7, 11) is -3.84. The number of nitrogens with one attached hydrogen (secondary N) is 1. The van der Waals surface area contributed by atoms with Crippen LogP contribution < -0.4 is 9.62 Å². The zero-order valence-corrected chi connectivity index (χ0v) is 15.8. The fourth-order valence-electron chi connectivity index (χ4n) is 3.73. The minimum absolute atomic E-state index is 0.0160. The Morgan fingerprint density at radius 1 is 1.19 bits per heavy atom. The Kier molecular flexibility index (Phi) is 4.42. The second-order valence-corrected chi connectivity index (χ2v) is 8.98. The van der Waals surface area contributed by atoms with E-state index < -0.39 is 15.8 Å². The Labute approximate surface area is 158 Å². The lowest BCUT2D eigenvalue weighted by Crippen LogP contribution is -2.42. The number of benzene rings is 2. The molecule has 1 aliphatic carbocycles. The van der Waals surface area contributed by atoms with Gasteiger partial charge >= 0.3 is 0 Å². The third-order valence-corrected chi connectivity index (χ3v) is 6.72. The quantitative estimate of drug-likeness (QED) is 0.868. The maximum Gasteiger partial charge on any atom is 0.261 e. The molecule has 1 atom stereocenters. The number of amides is 1. The predicted molar refractivity (Wildman–Crippen MR) is 102 cm³/mol. The minimum atomic E-state index is -3.84. The molecule has 0 bridgehead atoms. The van der Waals surface area contributed by atoms with E-state index in [0.717, 1.165) is 36.6 Å². The van der Waals surface area contributed by atoms with Gasteiger partial charge < -0.3 is 4.90 Å². The minimum Gasteiger partial charge on any atom is -0.309 e. The first-order valence-corrected chi connectivity index (χ1v) is 10.6. The Hall–Kier alpha value is -2.41. The highest BCUT2D eigenvalue weighted by Gasteiger charge is 2.37. The molecule has 1 fully saturated rings. The summed E-state index contributed by atoms with van der Waals surface area (Å²) in [6, 6.07) is 10.2. The maximum atomic E-state index is 13.3. The zero-order chi connectivity index (χ0) is 19.2. The van der Waals surface area contributed by atoms with Crippen molar-refractivity contribution in [2.75, 3.05) is 9.62 Å². The van der Waals surface area contributed by atoms with E-state index >= 15 is 0 Å². The number of anilines is 2. The molecule has 2 aliphatic rings. The van der Waals surface area contributed by atoms with Crippen LogP contribution in [0.2, 0.25) is 0 Å². The van der Waals surface area contributed by atoms with E-state index in [4.69, 9.17) is 0 Å². The number of fused-ring (bicyclic) bond motifs is 1. The van der Waals surface area contributed by atoms with Gasteiger partial charge in [0.1, 0.15) is 5.82 Å². The lowest BCUT2D eigenvalue weighted by Gasteiger charge is -2.32. The molecule has 1 amide bonds. The summed E-state index contributed by atoms with van der Waals surface area (Å²) in [5.74, 6) is -0.277. The number of halogens is 1. The van der Waals surface area contributed by atoms with Crippen molar-refractivity contribution >= 4 is 27.3 Å². The number of rotatable bonds is 4. The van der Waals surface area contributed by atoms with Crippen LogP contribution >= 0.6 is 0 Å². The van der Waals surface area contributed by atoms with Crippen LogP contribution in [0.25, 0.3) is 0 Å². The van der Waals surface area contributed by atoms with Crippen LogP contribution in [0.3, 0.4) is 0 Å². The number of carbonyl (C=O) groups is 1. The maximum absolute atomic E-state index is 13.3. The molecule has 1 unspecified atom stereocenters. The monoisotopic (exact) mass is 388 g/mol. The molecule has 27 heavy (non-hydrogen) atoms. The van der Waals surface area contributed by atoms with E-state index in [2.05, 4.69) is 4.72 Å². The van der Waals surface area contributed by atoms with E-state index in [1.54, 1.807) is 12.1 Å². The molecular formula is C20H21FN2O3S. The van der Waals surface area contributed by atoms with E-state index in [1.807, 2.05) is 11.8 Å². The van der Waals surface area contributed by atoms with Crippen molar-refractivity contribution in [3.05, 3.63) is 53.8 Å². The molecule has 1 aliphatic heterocycles. The first-order chi connectivity index (χ1) is 12.8. The number of hydrogen-bond donors (Lipinski definition) is 1. The number of hydrogen-bond acceptors (Lipinski definition) is 3. The summed E-state index contributed by atoms with van der Waals surface area (Å²) in [6.07, 6.45) is 3.58. The van der Waals surface area contributed by atoms with Gasteiger partial charge in [-0.1, -0.05) is 12.5 Å². The van der Waals surface area contributed by atoms with Crippen LogP contribution in [-0.4, -0.2) is 20.4 Å². The van der Waals surface area contributed by atoms with E-state index in [-0.39, 0.29) is 28.4 Å². The smallest absolute Gasteiger partial charge is 0.261 e. The fraction of sp³-hybridized carbons (Fsp3) is 0.350. The Bertz CT molecular complexity index is 1000. The van der Waals surface area contributed by atoms with Gasteiger partial charge in [0, 0.05) is 17.6 Å². The fourth-order valence-corrected chi connectivity index (χ4v) is 4.83. The molecule has 2 aromatic carbocycles. The van der Waals surface area contributed by atoms with Gasteiger partial charge in [-0.25, -0.2) is 12.8 Å². The summed E-state index contributed by atoms with van der Waals surface area (Å²) in [4.78, 5) is 14.6. The topological polar surface area (TPSA) is 66.5 Å². The molecule has 1 N–H and O–H groups in total. The van der Waals surface area contributed by atoms with Crippen molar-refractivity contribution < 1.29 is 17.6 Å². The summed E-state index contributed by atoms with van der Waals surface area (Å²) in [5.41, 5.74) is 1.81. The van der Waals surface area contributed by atoms with Gasteiger partial charge in [0.25, 0.3) is 10.0 Å². The molecule has 0 spiro atoms. The predicted octanol–water partition coefficient (Wildman–Crippen LogP) is 3.70. The Balaban J connectivity index is 1.61. The van der Waals surface area contributed by atoms with Gasteiger partial charge in [-0.2, -0.15) is 0 Å². The third kappa shape index (κ3) is 3.32. The van der Waals surface area contributed by atoms with Crippen LogP contribution in [-0.2, 0) is 21.2 Å². The third-order valence-electron chi connectivity index (χ3n) is 5.35. The molecular weight excluding hydrogens is 367 g/mol. The lowest BCUT2D eigenvalue weighted by atomic mass is 9.84. The molecule has 1 saturated carbocycles. The van der Waals surface area contributed by atoms with Gasteiger partial charge in [-0.15, -0.1) is 0 Å². The van der Waals surface area contributed by atoms with Crippen LogP contribution in [0.5, 0.6) is 0 Å². The first kappa shape index (κ1) is 18.0. The van der Waals surface area contributed by atoms with Gasteiger partial charge in [0.05, 0.1) is 10.6 Å². The molecule has 0 saturated heterocycles. The SMILES string of the molecule is CC1Cc2cc(S(=O)(=O)Nc3cccc(F)c3)ccc2N1C(=O)C1CCC1. The highest BCUT2D eigenvalue weighted by atomic mass is 32.2. The van der Waals surface area contributed by atoms with Crippen LogP contribution in [0.4, 0.5) is 15.8 Å². The lowest BCUT2D eigenvalue weighted by molar-refractivity contribution is -0.125. The van der Waals surface area contributed by atoms with E-state index in [0.29, 0.717) is 6.42 Å². The number of carbonyl (C=O) groups excluding carboxylic acids is 1. The summed E-state index contributed by atoms with van der Waals surface area (Å²) < 4.78 is 41.0. The van der Waals surface area contributed by atoms with Gasteiger partial charge in [0.15, 0.2) is 0 Å². The molecule has 2 aromatic rings. The van der Waals surface area contributed by atoms with Crippen molar-refractivity contribution in [1.29, 1.82) is 0 Å². The van der Waals surface area contributed by atoms with E-state index in [9.17, 15) is 17.6 Å². The van der Waals surface area contributed by atoms with Crippen molar-refractivity contribution in [2.24, 2.45) is 5.92 Å². The number of nitrogens with zero attached hydrogens (tertiary/aromatic N) is 1. The molecule has 0 aromatic heterocycles. The number of sulfonamides is 1. The van der Waals surface area contributed by atoms with Crippen LogP contribution in [0.15, 0.2) is 47.4 Å². The molecule has 0 radical (unpaired) electrons. The molecule has 7 heteroatoms. The molecule has 1 heterocycles. The Morgan fingerprint density at radius 2 is 1.96 bits per heavy atom. The van der Waals surface area contributed by atoms with Crippen molar-refractivity contribution in [2.45, 2.75) is 43.5 Å². The second-order valence-electron chi connectivity index (χ2n) is 7.30. The second kappa shape index (κ2) is 6.64. The molecule has 5 nitrogen and oxygen atoms in total. The summed E-state index contributed by atoms with van der Waals surface area (Å²) >= 11 is 0. The largest absolute Gasteiger partial charge is 0.309 e. The molecule has 142 valence electrons. The summed E-state index contributed by atoms with van der Waals surface area (Å²) in [5, 5.41) is 0. The van der Waals surface area contributed by atoms with E-state index in [1.165, 1.54) is 24.3 Å². The first-order valence-electron chi connectivity index (χ1n) is 9.09.